The summed E-state index contributed by atoms with van der Waals surface area (Å²) < 4.78 is 5.17. The summed E-state index contributed by atoms with van der Waals surface area (Å²) in [6.45, 7) is 1.85. The van der Waals surface area contributed by atoms with Gasteiger partial charge in [-0.25, -0.2) is 0 Å². The Hall–Kier alpha value is -1.78. The average Bonchev–Trinajstić information content (AvgIpc) is 2.46. The standard InChI is InChI=1S/C16H23N3O2/c1-21-15-7-3-6-14(18-15)19-10-8-13(9-11-19)17-16(20)12-4-2-5-12/h3,6-7,12-13H,2,4-5,8-11H2,1H3,(H,17,20). The first-order valence-corrected chi connectivity index (χ1v) is 7.82. The van der Waals surface area contributed by atoms with E-state index in [9.17, 15) is 4.79 Å². The van der Waals surface area contributed by atoms with E-state index in [0.29, 0.717) is 11.9 Å². The second kappa shape index (κ2) is 6.33. The number of pyridine rings is 1. The molecule has 1 saturated carbocycles. The number of rotatable bonds is 4. The Morgan fingerprint density at radius 2 is 2.05 bits per heavy atom. The maximum absolute atomic E-state index is 12.0. The molecule has 5 heteroatoms. The molecule has 1 aromatic rings. The molecule has 0 radical (unpaired) electrons. The number of amides is 1. The molecule has 5 nitrogen and oxygen atoms in total. The van der Waals surface area contributed by atoms with Crippen molar-refractivity contribution >= 4 is 11.7 Å². The van der Waals surface area contributed by atoms with Gasteiger partial charge >= 0.3 is 0 Å². The summed E-state index contributed by atoms with van der Waals surface area (Å²) in [4.78, 5) is 18.7. The third-order valence-corrected chi connectivity index (χ3v) is 4.56. The van der Waals surface area contributed by atoms with Crippen molar-refractivity contribution in [3.63, 3.8) is 0 Å². The third kappa shape index (κ3) is 3.28. The van der Waals surface area contributed by atoms with Gasteiger partial charge in [-0.05, 0) is 31.7 Å². The van der Waals surface area contributed by atoms with Gasteiger partial charge in [0.1, 0.15) is 5.82 Å². The van der Waals surface area contributed by atoms with Crippen molar-refractivity contribution in [2.45, 2.75) is 38.1 Å². The van der Waals surface area contributed by atoms with Crippen LogP contribution in [0.25, 0.3) is 0 Å². The molecule has 0 atom stereocenters. The molecule has 2 aliphatic rings. The van der Waals surface area contributed by atoms with Gasteiger partial charge in [0.25, 0.3) is 0 Å². The minimum Gasteiger partial charge on any atom is -0.481 e. The smallest absolute Gasteiger partial charge is 0.223 e. The summed E-state index contributed by atoms with van der Waals surface area (Å²) in [5.74, 6) is 2.15. The zero-order chi connectivity index (χ0) is 14.7. The van der Waals surface area contributed by atoms with Crippen LogP contribution in [0.15, 0.2) is 18.2 Å². The summed E-state index contributed by atoms with van der Waals surface area (Å²) in [7, 11) is 1.63. The molecular weight excluding hydrogens is 266 g/mol. The maximum atomic E-state index is 12.0. The molecule has 0 spiro atoms. The van der Waals surface area contributed by atoms with Crippen LogP contribution in [0.2, 0.25) is 0 Å². The first kappa shape index (κ1) is 14.2. The minimum atomic E-state index is 0.263. The highest BCUT2D eigenvalue weighted by Gasteiger charge is 2.28. The Kier molecular flexibility index (Phi) is 4.27. The van der Waals surface area contributed by atoms with Gasteiger partial charge in [-0.2, -0.15) is 4.98 Å². The van der Waals surface area contributed by atoms with Crippen LogP contribution in [0.4, 0.5) is 5.82 Å². The number of methoxy groups -OCH3 is 1. The normalized spacial score (nSPS) is 20.0. The second-order valence-electron chi connectivity index (χ2n) is 5.94. The van der Waals surface area contributed by atoms with Gasteiger partial charge in [-0.15, -0.1) is 0 Å². The number of hydrogen-bond acceptors (Lipinski definition) is 4. The second-order valence-corrected chi connectivity index (χ2v) is 5.94. The lowest BCUT2D eigenvalue weighted by Gasteiger charge is -2.34. The van der Waals surface area contributed by atoms with Crippen molar-refractivity contribution in [1.29, 1.82) is 0 Å². The Morgan fingerprint density at radius 1 is 1.29 bits per heavy atom. The number of carbonyl (C=O) groups is 1. The lowest BCUT2D eigenvalue weighted by Crippen LogP contribution is -2.47. The van der Waals surface area contributed by atoms with E-state index in [-0.39, 0.29) is 11.8 Å². The molecule has 2 heterocycles. The SMILES string of the molecule is COc1cccc(N2CCC(NC(=O)C3CCC3)CC2)n1. The molecule has 1 saturated heterocycles. The van der Waals surface area contributed by atoms with E-state index in [1.165, 1.54) is 6.42 Å². The number of nitrogens with zero attached hydrogens (tertiary/aromatic N) is 2. The molecule has 1 N–H and O–H groups in total. The van der Waals surface area contributed by atoms with Gasteiger partial charge in [-0.3, -0.25) is 4.79 Å². The van der Waals surface area contributed by atoms with Crippen LogP contribution < -0.4 is 15.0 Å². The predicted octanol–water partition coefficient (Wildman–Crippen LogP) is 1.98. The molecule has 0 aromatic carbocycles. The molecule has 21 heavy (non-hydrogen) atoms. The van der Waals surface area contributed by atoms with Gasteiger partial charge in [0.05, 0.1) is 7.11 Å². The summed E-state index contributed by atoms with van der Waals surface area (Å²) in [5.41, 5.74) is 0. The molecule has 1 amide bonds. The van der Waals surface area contributed by atoms with Crippen molar-refractivity contribution in [3.8, 4) is 5.88 Å². The van der Waals surface area contributed by atoms with Crippen LogP contribution in [0, 0.1) is 5.92 Å². The number of nitrogens with one attached hydrogen (secondary N) is 1. The van der Waals surface area contributed by atoms with Gasteiger partial charge < -0.3 is 15.0 Å². The van der Waals surface area contributed by atoms with Crippen molar-refractivity contribution in [1.82, 2.24) is 10.3 Å². The number of anilines is 1. The van der Waals surface area contributed by atoms with Crippen molar-refractivity contribution in [2.75, 3.05) is 25.1 Å². The average molecular weight is 289 g/mol. The number of carbonyl (C=O) groups excluding carboxylic acids is 1. The van der Waals surface area contributed by atoms with Crippen LogP contribution in [0.1, 0.15) is 32.1 Å². The fourth-order valence-electron chi connectivity index (χ4n) is 2.94. The predicted molar refractivity (Wildman–Crippen MR) is 81.5 cm³/mol. The molecule has 3 rings (SSSR count). The Balaban J connectivity index is 1.51. The fourth-order valence-corrected chi connectivity index (χ4v) is 2.94. The van der Waals surface area contributed by atoms with Crippen LogP contribution in [-0.4, -0.2) is 37.1 Å². The van der Waals surface area contributed by atoms with Crippen molar-refractivity contribution in [3.05, 3.63) is 18.2 Å². The van der Waals surface area contributed by atoms with E-state index in [1.54, 1.807) is 7.11 Å². The number of aromatic nitrogens is 1. The monoisotopic (exact) mass is 289 g/mol. The Labute approximate surface area is 125 Å². The highest BCUT2D eigenvalue weighted by molar-refractivity contribution is 5.79. The molecule has 1 aliphatic carbocycles. The van der Waals surface area contributed by atoms with E-state index in [0.717, 1.165) is 44.6 Å². The lowest BCUT2D eigenvalue weighted by molar-refractivity contribution is -0.128. The molecule has 2 fully saturated rings. The molecule has 0 bridgehead atoms. The van der Waals surface area contributed by atoms with Gasteiger partial charge in [0.2, 0.25) is 11.8 Å². The molecule has 1 aromatic heterocycles. The maximum Gasteiger partial charge on any atom is 0.223 e. The molecule has 1 aliphatic heterocycles. The topological polar surface area (TPSA) is 54.5 Å². The highest BCUT2D eigenvalue weighted by Crippen LogP contribution is 2.27. The van der Waals surface area contributed by atoms with Crippen LogP contribution in [-0.2, 0) is 4.79 Å². The van der Waals surface area contributed by atoms with Crippen molar-refractivity contribution < 1.29 is 9.53 Å². The van der Waals surface area contributed by atoms with E-state index in [4.69, 9.17) is 4.74 Å². The number of piperidine rings is 1. The summed E-state index contributed by atoms with van der Waals surface area (Å²) in [6, 6.07) is 6.15. The minimum absolute atomic E-state index is 0.263. The number of ether oxygens (including phenoxy) is 1. The summed E-state index contributed by atoms with van der Waals surface area (Å²) in [6.07, 6.45) is 5.31. The Bertz CT molecular complexity index is 494. The quantitative estimate of drug-likeness (QED) is 0.921. The van der Waals surface area contributed by atoms with Crippen molar-refractivity contribution in [2.24, 2.45) is 5.92 Å². The third-order valence-electron chi connectivity index (χ3n) is 4.56. The number of hydrogen-bond donors (Lipinski definition) is 1. The lowest BCUT2D eigenvalue weighted by atomic mass is 9.84. The first-order valence-electron chi connectivity index (χ1n) is 7.82. The zero-order valence-electron chi connectivity index (χ0n) is 12.5. The molecular formula is C16H23N3O2. The van der Waals surface area contributed by atoms with Gasteiger partial charge in [0.15, 0.2) is 0 Å². The van der Waals surface area contributed by atoms with E-state index >= 15 is 0 Å². The van der Waals surface area contributed by atoms with Crippen LogP contribution in [0.3, 0.4) is 0 Å². The molecule has 114 valence electrons. The summed E-state index contributed by atoms with van der Waals surface area (Å²) >= 11 is 0. The van der Waals surface area contributed by atoms with Gasteiger partial charge in [-0.1, -0.05) is 12.5 Å². The first-order chi connectivity index (χ1) is 10.3. The molecule has 0 unspecified atom stereocenters. The fraction of sp³-hybridized carbons (Fsp3) is 0.625. The van der Waals surface area contributed by atoms with Crippen LogP contribution in [0.5, 0.6) is 5.88 Å². The van der Waals surface area contributed by atoms with Gasteiger partial charge in [0, 0.05) is 31.1 Å². The van der Waals surface area contributed by atoms with Crippen LogP contribution >= 0.6 is 0 Å². The highest BCUT2D eigenvalue weighted by atomic mass is 16.5. The van der Waals surface area contributed by atoms with E-state index < -0.39 is 0 Å². The Morgan fingerprint density at radius 3 is 2.67 bits per heavy atom. The van der Waals surface area contributed by atoms with E-state index in [2.05, 4.69) is 15.2 Å². The zero-order valence-corrected chi connectivity index (χ0v) is 12.5. The summed E-state index contributed by atoms with van der Waals surface area (Å²) in [5, 5.41) is 3.20. The largest absolute Gasteiger partial charge is 0.481 e. The van der Waals surface area contributed by atoms with E-state index in [1.807, 2.05) is 18.2 Å².